The molecule has 3 rings (SSSR count). The second-order valence-corrected chi connectivity index (χ2v) is 8.39. The smallest absolute Gasteiger partial charge is 0.352 e. The van der Waals surface area contributed by atoms with Gasteiger partial charge in [-0.05, 0) is 66.0 Å². The molecule has 1 fully saturated rings. The van der Waals surface area contributed by atoms with Crippen LogP contribution in [0.1, 0.15) is 29.5 Å². The average Bonchev–Trinajstić information content (AvgIpc) is 3.13. The number of halogens is 4. The lowest BCUT2D eigenvalue weighted by atomic mass is 9.95. The molecule has 0 radical (unpaired) electrons. The summed E-state index contributed by atoms with van der Waals surface area (Å²) >= 11 is 4.73. The first-order valence-electron chi connectivity index (χ1n) is 8.69. The van der Waals surface area contributed by atoms with Crippen LogP contribution in [-0.4, -0.2) is 23.9 Å². The van der Waals surface area contributed by atoms with Crippen LogP contribution in [0.3, 0.4) is 0 Å². The van der Waals surface area contributed by atoms with Gasteiger partial charge >= 0.3 is 6.18 Å². The summed E-state index contributed by atoms with van der Waals surface area (Å²) in [4.78, 5) is 14.7. The second kappa shape index (κ2) is 8.75. The molecule has 0 unspecified atom stereocenters. The summed E-state index contributed by atoms with van der Waals surface area (Å²) in [6, 6.07) is 6.10. The highest BCUT2D eigenvalue weighted by atomic mass is 79.9. The maximum atomic E-state index is 13.2. The summed E-state index contributed by atoms with van der Waals surface area (Å²) < 4.78 is 39.9. The van der Waals surface area contributed by atoms with Crippen LogP contribution in [0.15, 0.2) is 39.5 Å². The number of carbonyl (C=O) groups is 1. The summed E-state index contributed by atoms with van der Waals surface area (Å²) in [5.41, 5.74) is 0.634. The number of thiophene rings is 1. The van der Waals surface area contributed by atoms with Crippen molar-refractivity contribution in [3.05, 3.63) is 56.2 Å². The molecule has 0 atom stereocenters. The van der Waals surface area contributed by atoms with E-state index in [1.54, 1.807) is 17.4 Å². The van der Waals surface area contributed by atoms with E-state index in [0.29, 0.717) is 4.47 Å². The average molecular weight is 461 g/mol. The van der Waals surface area contributed by atoms with E-state index in [4.69, 9.17) is 0 Å². The Kier molecular flexibility index (Phi) is 6.60. The van der Waals surface area contributed by atoms with Crippen molar-refractivity contribution in [1.29, 1.82) is 0 Å². The SMILES string of the molecule is O=C(NCc1ccc(Br)cc1C(F)(F)F)C1CCN(Cc2ccsc2)CC1. The highest BCUT2D eigenvalue weighted by Gasteiger charge is 2.33. The Morgan fingerprint density at radius 2 is 2.00 bits per heavy atom. The van der Waals surface area contributed by atoms with Crippen LogP contribution in [0.5, 0.6) is 0 Å². The predicted molar refractivity (Wildman–Crippen MR) is 103 cm³/mol. The van der Waals surface area contributed by atoms with Gasteiger partial charge in [-0.2, -0.15) is 24.5 Å². The first-order chi connectivity index (χ1) is 12.8. The number of hydrogen-bond acceptors (Lipinski definition) is 3. The van der Waals surface area contributed by atoms with Crippen LogP contribution in [0.4, 0.5) is 13.2 Å². The van der Waals surface area contributed by atoms with Crippen molar-refractivity contribution in [1.82, 2.24) is 10.2 Å². The van der Waals surface area contributed by atoms with Gasteiger partial charge in [0.15, 0.2) is 0 Å². The monoisotopic (exact) mass is 460 g/mol. The van der Waals surface area contributed by atoms with Gasteiger partial charge in [-0.25, -0.2) is 0 Å². The van der Waals surface area contributed by atoms with Gasteiger partial charge in [-0.15, -0.1) is 0 Å². The van der Waals surface area contributed by atoms with E-state index in [1.165, 1.54) is 11.6 Å². The van der Waals surface area contributed by atoms with Gasteiger partial charge in [0.25, 0.3) is 0 Å². The van der Waals surface area contributed by atoms with Crippen molar-refractivity contribution in [2.75, 3.05) is 13.1 Å². The van der Waals surface area contributed by atoms with Gasteiger partial charge in [-0.3, -0.25) is 9.69 Å². The molecule has 1 aromatic heterocycles. The molecule has 8 heteroatoms. The number of piperidine rings is 1. The Bertz CT molecular complexity index is 772. The van der Waals surface area contributed by atoms with Crippen molar-refractivity contribution in [2.45, 2.75) is 32.1 Å². The molecule has 146 valence electrons. The van der Waals surface area contributed by atoms with Crippen molar-refractivity contribution >= 4 is 33.2 Å². The molecule has 1 saturated heterocycles. The third-order valence-corrected chi connectivity index (χ3v) is 6.00. The fraction of sp³-hybridized carbons (Fsp3) is 0.421. The minimum absolute atomic E-state index is 0.0777. The number of amides is 1. The molecule has 1 N–H and O–H groups in total. The molecule has 1 amide bonds. The molecular weight excluding hydrogens is 441 g/mol. The quantitative estimate of drug-likeness (QED) is 0.676. The molecule has 1 aliphatic heterocycles. The maximum Gasteiger partial charge on any atom is 0.416 e. The van der Waals surface area contributed by atoms with Gasteiger partial charge in [-0.1, -0.05) is 22.0 Å². The summed E-state index contributed by atoms with van der Waals surface area (Å²) in [6.07, 6.45) is -3.00. The van der Waals surface area contributed by atoms with Crippen LogP contribution >= 0.6 is 27.3 Å². The lowest BCUT2D eigenvalue weighted by Gasteiger charge is -2.31. The molecule has 1 aromatic carbocycles. The zero-order valence-electron chi connectivity index (χ0n) is 14.6. The number of likely N-dealkylation sites (tertiary alicyclic amines) is 1. The van der Waals surface area contributed by atoms with E-state index in [-0.39, 0.29) is 23.9 Å². The Morgan fingerprint density at radius 3 is 2.63 bits per heavy atom. The van der Waals surface area contributed by atoms with Gasteiger partial charge < -0.3 is 5.32 Å². The summed E-state index contributed by atoms with van der Waals surface area (Å²) in [7, 11) is 0. The van der Waals surface area contributed by atoms with E-state index in [9.17, 15) is 18.0 Å². The number of rotatable bonds is 5. The largest absolute Gasteiger partial charge is 0.416 e. The summed E-state index contributed by atoms with van der Waals surface area (Å²) in [6.45, 7) is 2.40. The van der Waals surface area contributed by atoms with E-state index in [2.05, 4.69) is 37.6 Å². The van der Waals surface area contributed by atoms with Gasteiger partial charge in [0.1, 0.15) is 0 Å². The second-order valence-electron chi connectivity index (χ2n) is 6.70. The number of carbonyl (C=O) groups excluding carboxylic acids is 1. The number of nitrogens with zero attached hydrogens (tertiary/aromatic N) is 1. The van der Waals surface area contributed by atoms with E-state index in [1.807, 2.05) is 5.38 Å². The van der Waals surface area contributed by atoms with Crippen LogP contribution < -0.4 is 5.32 Å². The Balaban J connectivity index is 1.52. The van der Waals surface area contributed by atoms with E-state index in [0.717, 1.165) is 38.5 Å². The molecular formula is C19H20BrF3N2OS. The molecule has 0 aliphatic carbocycles. The Morgan fingerprint density at radius 1 is 1.26 bits per heavy atom. The van der Waals surface area contributed by atoms with Crippen LogP contribution in [0, 0.1) is 5.92 Å². The first kappa shape index (κ1) is 20.4. The topological polar surface area (TPSA) is 32.3 Å². The number of nitrogens with one attached hydrogen (secondary N) is 1. The van der Waals surface area contributed by atoms with Crippen LogP contribution in [0.25, 0.3) is 0 Å². The first-order valence-corrected chi connectivity index (χ1v) is 10.4. The van der Waals surface area contributed by atoms with Crippen molar-refractivity contribution in [3.63, 3.8) is 0 Å². The lowest BCUT2D eigenvalue weighted by Crippen LogP contribution is -2.40. The summed E-state index contributed by atoms with van der Waals surface area (Å²) in [5, 5.41) is 6.86. The third-order valence-electron chi connectivity index (χ3n) is 4.78. The zero-order chi connectivity index (χ0) is 19.4. The Hall–Kier alpha value is -1.38. The minimum atomic E-state index is -4.45. The van der Waals surface area contributed by atoms with Gasteiger partial charge in [0.05, 0.1) is 5.56 Å². The number of alkyl halides is 3. The van der Waals surface area contributed by atoms with Crippen molar-refractivity contribution in [2.24, 2.45) is 5.92 Å². The number of hydrogen-bond donors (Lipinski definition) is 1. The summed E-state index contributed by atoms with van der Waals surface area (Å²) in [5.74, 6) is -0.310. The molecule has 0 spiro atoms. The molecule has 2 heterocycles. The highest BCUT2D eigenvalue weighted by Crippen LogP contribution is 2.34. The molecule has 1 aliphatic rings. The van der Waals surface area contributed by atoms with Gasteiger partial charge in [0.2, 0.25) is 5.91 Å². The molecule has 3 nitrogen and oxygen atoms in total. The maximum absolute atomic E-state index is 13.2. The van der Waals surface area contributed by atoms with Crippen LogP contribution in [0.2, 0.25) is 0 Å². The predicted octanol–water partition coefficient (Wildman–Crippen LogP) is 5.06. The van der Waals surface area contributed by atoms with E-state index >= 15 is 0 Å². The van der Waals surface area contributed by atoms with E-state index < -0.39 is 11.7 Å². The van der Waals surface area contributed by atoms with Crippen molar-refractivity contribution in [3.8, 4) is 0 Å². The zero-order valence-corrected chi connectivity index (χ0v) is 17.0. The minimum Gasteiger partial charge on any atom is -0.352 e. The number of benzene rings is 1. The van der Waals surface area contributed by atoms with Gasteiger partial charge in [0, 0.05) is 23.5 Å². The molecule has 0 bridgehead atoms. The lowest BCUT2D eigenvalue weighted by molar-refractivity contribution is -0.138. The molecule has 27 heavy (non-hydrogen) atoms. The molecule has 2 aromatic rings. The molecule has 0 saturated carbocycles. The highest BCUT2D eigenvalue weighted by molar-refractivity contribution is 9.10. The standard InChI is InChI=1S/C19H20BrF3N2OS/c20-16-2-1-15(17(9-16)19(21,22)23)10-24-18(26)14-3-6-25(7-4-14)11-13-5-8-27-12-13/h1-2,5,8-9,12,14H,3-4,6-7,10-11H2,(H,24,26). The Labute approximate surface area is 168 Å². The fourth-order valence-electron chi connectivity index (χ4n) is 3.29. The van der Waals surface area contributed by atoms with Crippen LogP contribution in [-0.2, 0) is 24.1 Å². The van der Waals surface area contributed by atoms with Crippen molar-refractivity contribution < 1.29 is 18.0 Å². The fourth-order valence-corrected chi connectivity index (χ4v) is 4.31. The normalized spacial score (nSPS) is 16.4. The third kappa shape index (κ3) is 5.56.